The molecule has 232 valence electrons. The third kappa shape index (κ3) is 7.44. The molecule has 0 bridgehead atoms. The number of piperidine rings is 1. The molecule has 1 fully saturated rings. The Balaban J connectivity index is 1.34. The van der Waals surface area contributed by atoms with E-state index < -0.39 is 23.4 Å². The fourth-order valence-electron chi connectivity index (χ4n) is 5.41. The molecule has 4 heterocycles. The van der Waals surface area contributed by atoms with Crippen LogP contribution in [-0.2, 0) is 25.5 Å². The Morgan fingerprint density at radius 3 is 2.55 bits per heavy atom. The Morgan fingerprint density at radius 1 is 1.16 bits per heavy atom. The lowest BCUT2D eigenvalue weighted by Gasteiger charge is -2.37. The Kier molecular flexibility index (Phi) is 9.65. The fraction of sp³-hybridized carbons (Fsp3) is 0.406. The summed E-state index contributed by atoms with van der Waals surface area (Å²) in [4.78, 5) is 41.5. The van der Waals surface area contributed by atoms with Crippen LogP contribution >= 0.6 is 22.9 Å². The number of carbonyl (C=O) groups excluding carboxylic acids is 2. The molecule has 2 aromatic heterocycles. The number of carbonyl (C=O) groups is 2. The number of ether oxygens (including phenoxy) is 2. The smallest absolute Gasteiger partial charge is 0.338 e. The lowest BCUT2D eigenvalue weighted by molar-refractivity contribution is -0.154. The van der Waals surface area contributed by atoms with Gasteiger partial charge in [-0.25, -0.2) is 19.2 Å². The molecule has 0 amide bonds. The first-order valence-electron chi connectivity index (χ1n) is 14.5. The van der Waals surface area contributed by atoms with Crippen molar-refractivity contribution in [2.75, 3.05) is 25.1 Å². The van der Waals surface area contributed by atoms with E-state index in [0.29, 0.717) is 53.6 Å². The van der Waals surface area contributed by atoms with Crippen LogP contribution < -0.4 is 10.2 Å². The average Bonchev–Trinajstić information content (AvgIpc) is 3.54. The van der Waals surface area contributed by atoms with Crippen molar-refractivity contribution < 1.29 is 23.5 Å². The Hall–Kier alpha value is -3.83. The molecule has 1 N–H and O–H groups in total. The normalized spacial score (nSPS) is 17.6. The van der Waals surface area contributed by atoms with E-state index in [1.165, 1.54) is 30.6 Å². The topological polar surface area (TPSA) is 106 Å². The van der Waals surface area contributed by atoms with Gasteiger partial charge in [-0.05, 0) is 63.8 Å². The summed E-state index contributed by atoms with van der Waals surface area (Å²) in [6, 6.07) is 7.27. The minimum absolute atomic E-state index is 0.0133. The van der Waals surface area contributed by atoms with Gasteiger partial charge in [0.15, 0.2) is 10.8 Å². The van der Waals surface area contributed by atoms with E-state index in [-0.39, 0.29) is 16.9 Å². The van der Waals surface area contributed by atoms with Crippen LogP contribution in [0, 0.1) is 11.7 Å². The summed E-state index contributed by atoms with van der Waals surface area (Å²) in [5.41, 5.74) is 2.04. The van der Waals surface area contributed by atoms with Crippen LogP contribution in [0.4, 0.5) is 10.2 Å². The molecule has 1 atom stereocenters. The van der Waals surface area contributed by atoms with Gasteiger partial charge in [-0.1, -0.05) is 23.7 Å². The second-order valence-electron chi connectivity index (χ2n) is 11.7. The predicted molar refractivity (Wildman–Crippen MR) is 168 cm³/mol. The molecule has 3 aromatic rings. The predicted octanol–water partition coefficient (Wildman–Crippen LogP) is 6.04. The Morgan fingerprint density at radius 2 is 1.93 bits per heavy atom. The highest BCUT2D eigenvalue weighted by molar-refractivity contribution is 7.11. The van der Waals surface area contributed by atoms with Crippen molar-refractivity contribution in [1.29, 1.82) is 0 Å². The molecule has 1 aromatic carbocycles. The van der Waals surface area contributed by atoms with Crippen LogP contribution in [0.1, 0.15) is 62.2 Å². The standard InChI is InChI=1S/C32H35ClFN5O4S/c1-32(2,3)43-25(40)10-6-19-5-9-24(36-18-19)39-14-11-20(12-15-39)27-26(31(41)42-4)28(22-8-7-21(34)17-23(22)33)38-29(37-27)30-35-13-16-44-30/h5,7-9,13,16-18,20,28H,6,10-12,14-15H2,1-4H3,(H,37,38). The number of rotatable bonds is 8. The largest absolute Gasteiger partial charge is 0.466 e. The Labute approximate surface area is 265 Å². The van der Waals surface area contributed by atoms with Gasteiger partial charge in [0.05, 0.1) is 12.7 Å². The number of thiazole rings is 1. The zero-order chi connectivity index (χ0) is 31.4. The van der Waals surface area contributed by atoms with E-state index in [1.54, 1.807) is 18.5 Å². The maximum absolute atomic E-state index is 14.0. The zero-order valence-electron chi connectivity index (χ0n) is 25.1. The van der Waals surface area contributed by atoms with Gasteiger partial charge in [0.2, 0.25) is 0 Å². The number of anilines is 1. The number of methoxy groups -OCH3 is 1. The minimum Gasteiger partial charge on any atom is -0.466 e. The third-order valence-corrected chi connectivity index (χ3v) is 8.55. The van der Waals surface area contributed by atoms with E-state index in [1.807, 2.05) is 38.3 Å². The number of hydrogen-bond acceptors (Lipinski definition) is 10. The van der Waals surface area contributed by atoms with Gasteiger partial charge in [-0.3, -0.25) is 9.79 Å². The van der Waals surface area contributed by atoms with Crippen LogP contribution in [0.2, 0.25) is 5.02 Å². The van der Waals surface area contributed by atoms with E-state index in [9.17, 15) is 14.0 Å². The van der Waals surface area contributed by atoms with Gasteiger partial charge >= 0.3 is 11.9 Å². The van der Waals surface area contributed by atoms with Crippen molar-refractivity contribution in [3.05, 3.63) is 86.4 Å². The van der Waals surface area contributed by atoms with E-state index >= 15 is 0 Å². The van der Waals surface area contributed by atoms with Crippen LogP contribution in [0.5, 0.6) is 0 Å². The molecule has 0 saturated carbocycles. The zero-order valence-corrected chi connectivity index (χ0v) is 26.7. The number of nitrogens with zero attached hydrogens (tertiary/aromatic N) is 4. The van der Waals surface area contributed by atoms with Crippen molar-refractivity contribution >= 4 is 46.5 Å². The SMILES string of the molecule is COC(=O)C1=C(C2CCN(c3ccc(CCC(=O)OC(C)(C)C)cn3)CC2)NC(c2nccs2)=NC1c1ccc(F)cc1Cl. The summed E-state index contributed by atoms with van der Waals surface area (Å²) in [6.07, 6.45) is 5.82. The molecule has 9 nitrogen and oxygen atoms in total. The minimum atomic E-state index is -0.793. The number of pyridine rings is 1. The van der Waals surface area contributed by atoms with Gasteiger partial charge < -0.3 is 19.7 Å². The van der Waals surface area contributed by atoms with Crippen molar-refractivity contribution in [1.82, 2.24) is 15.3 Å². The highest BCUT2D eigenvalue weighted by atomic mass is 35.5. The summed E-state index contributed by atoms with van der Waals surface area (Å²) in [6.45, 7) is 6.98. The lowest BCUT2D eigenvalue weighted by Crippen LogP contribution is -2.41. The van der Waals surface area contributed by atoms with Crippen molar-refractivity contribution in [3.8, 4) is 0 Å². The first kappa shape index (κ1) is 31.6. The third-order valence-electron chi connectivity index (χ3n) is 7.45. The summed E-state index contributed by atoms with van der Waals surface area (Å²) < 4.78 is 24.6. The molecule has 1 unspecified atom stereocenters. The number of aromatic nitrogens is 2. The van der Waals surface area contributed by atoms with E-state index in [0.717, 1.165) is 24.2 Å². The van der Waals surface area contributed by atoms with Gasteiger partial charge in [0, 0.05) is 59.5 Å². The second-order valence-corrected chi connectivity index (χ2v) is 13.0. The number of amidine groups is 1. The first-order valence-corrected chi connectivity index (χ1v) is 15.7. The van der Waals surface area contributed by atoms with E-state index in [4.69, 9.17) is 26.1 Å². The van der Waals surface area contributed by atoms with Gasteiger partial charge in [-0.2, -0.15) is 0 Å². The van der Waals surface area contributed by atoms with Crippen LogP contribution in [0.15, 0.2) is 64.4 Å². The summed E-state index contributed by atoms with van der Waals surface area (Å²) in [7, 11) is 1.34. The number of hydrogen-bond donors (Lipinski definition) is 1. The molecular weight excluding hydrogens is 605 g/mol. The highest BCUT2D eigenvalue weighted by Crippen LogP contribution is 2.40. The lowest BCUT2D eigenvalue weighted by atomic mass is 9.85. The second kappa shape index (κ2) is 13.4. The molecule has 12 heteroatoms. The number of benzene rings is 1. The molecule has 0 radical (unpaired) electrons. The van der Waals surface area contributed by atoms with Gasteiger partial charge in [0.1, 0.15) is 23.3 Å². The number of esters is 2. The quantitative estimate of drug-likeness (QED) is 0.298. The number of allylic oxidation sites excluding steroid dienone is 1. The summed E-state index contributed by atoms with van der Waals surface area (Å²) in [5.74, 6) is 0.139. The average molecular weight is 640 g/mol. The summed E-state index contributed by atoms with van der Waals surface area (Å²) in [5, 5.41) is 6.11. The van der Waals surface area contributed by atoms with Crippen molar-refractivity contribution in [3.63, 3.8) is 0 Å². The number of halogens is 2. The van der Waals surface area contributed by atoms with Crippen LogP contribution in [0.3, 0.4) is 0 Å². The Bertz CT molecular complexity index is 1560. The number of aliphatic imine (C=N–C) groups is 1. The van der Waals surface area contributed by atoms with Crippen molar-refractivity contribution in [2.24, 2.45) is 10.9 Å². The first-order chi connectivity index (χ1) is 21.0. The van der Waals surface area contributed by atoms with E-state index in [2.05, 4.69) is 20.2 Å². The molecule has 44 heavy (non-hydrogen) atoms. The summed E-state index contributed by atoms with van der Waals surface area (Å²) >= 11 is 7.91. The molecule has 5 rings (SSSR count). The van der Waals surface area contributed by atoms with Gasteiger partial charge in [-0.15, -0.1) is 11.3 Å². The monoisotopic (exact) mass is 639 g/mol. The molecular formula is C32H35ClFN5O4S. The molecule has 0 aliphatic carbocycles. The van der Waals surface area contributed by atoms with Gasteiger partial charge in [0.25, 0.3) is 0 Å². The van der Waals surface area contributed by atoms with Crippen LogP contribution in [0.25, 0.3) is 0 Å². The molecule has 1 saturated heterocycles. The van der Waals surface area contributed by atoms with Crippen LogP contribution in [-0.4, -0.2) is 53.5 Å². The maximum Gasteiger partial charge on any atom is 0.338 e. The molecule has 0 spiro atoms. The number of nitrogens with one attached hydrogen (secondary N) is 1. The fourth-order valence-corrected chi connectivity index (χ4v) is 6.27. The molecule has 2 aliphatic heterocycles. The van der Waals surface area contributed by atoms with Crippen molar-refractivity contribution in [2.45, 2.75) is 58.1 Å². The molecule has 2 aliphatic rings. The number of aryl methyl sites for hydroxylation is 1. The highest BCUT2D eigenvalue weighted by Gasteiger charge is 2.37. The maximum atomic E-state index is 14.0.